The Kier molecular flexibility index (Phi) is 6.98. The highest BCUT2D eigenvalue weighted by Crippen LogP contribution is 2.35. The van der Waals surface area contributed by atoms with Gasteiger partial charge in [-0.15, -0.1) is 0 Å². The Morgan fingerprint density at radius 1 is 1.16 bits per heavy atom. The molecule has 0 unspecified atom stereocenters. The fourth-order valence-corrected chi connectivity index (χ4v) is 4.34. The maximum atomic E-state index is 12.8. The van der Waals surface area contributed by atoms with E-state index in [-0.39, 0.29) is 13.2 Å². The standard InChI is InChI=1S/C19H30N6O6/c1-3-31-18(30)22-21-15(27)13-5-4-10-24(13)11-14(26)23-25-16(28)19(20-17(25)29)8-6-12(2)7-9-19/h12-13H,3-11H2,1-2H3,(H,20,29)(H,21,27)(H,22,30)(H,23,26)/t12?,13-,19?/m1/s1. The SMILES string of the molecule is CCOC(=O)NNC(=O)[C@H]1CCCN1CC(=O)NN1C(=O)NC2(CCC(C)CC2)C1=O. The lowest BCUT2D eigenvalue weighted by Gasteiger charge is -2.33. The minimum absolute atomic E-state index is 0.167. The first-order valence-corrected chi connectivity index (χ1v) is 10.7. The molecule has 2 aliphatic heterocycles. The molecule has 3 fully saturated rings. The quantitative estimate of drug-likeness (QED) is 0.342. The summed E-state index contributed by atoms with van der Waals surface area (Å²) in [5, 5.41) is 3.50. The van der Waals surface area contributed by atoms with Crippen LogP contribution in [-0.4, -0.2) is 71.0 Å². The van der Waals surface area contributed by atoms with Gasteiger partial charge in [0.25, 0.3) is 17.7 Å². The molecule has 0 bridgehead atoms. The number of likely N-dealkylation sites (tertiary alicyclic amines) is 1. The first-order chi connectivity index (χ1) is 14.8. The van der Waals surface area contributed by atoms with E-state index < -0.39 is 41.4 Å². The Morgan fingerprint density at radius 2 is 1.87 bits per heavy atom. The van der Waals surface area contributed by atoms with E-state index in [0.29, 0.717) is 38.1 Å². The van der Waals surface area contributed by atoms with Crippen molar-refractivity contribution in [3.63, 3.8) is 0 Å². The number of carbonyl (C=O) groups excluding carboxylic acids is 5. The second kappa shape index (κ2) is 9.50. The van der Waals surface area contributed by atoms with Gasteiger partial charge in [-0.3, -0.25) is 30.1 Å². The van der Waals surface area contributed by atoms with E-state index in [2.05, 4.69) is 33.3 Å². The van der Waals surface area contributed by atoms with Crippen LogP contribution in [0.1, 0.15) is 52.4 Å². The maximum absolute atomic E-state index is 12.8. The van der Waals surface area contributed by atoms with Gasteiger partial charge in [0.05, 0.1) is 19.2 Å². The monoisotopic (exact) mass is 438 g/mol. The average Bonchev–Trinajstić information content (AvgIpc) is 3.27. The lowest BCUT2D eigenvalue weighted by atomic mass is 9.77. The number of rotatable bonds is 5. The summed E-state index contributed by atoms with van der Waals surface area (Å²) in [4.78, 5) is 63.0. The highest BCUT2D eigenvalue weighted by Gasteiger charge is 2.53. The van der Waals surface area contributed by atoms with Crippen molar-refractivity contribution in [3.05, 3.63) is 0 Å². The summed E-state index contributed by atoms with van der Waals surface area (Å²) < 4.78 is 4.68. The molecular formula is C19H30N6O6. The molecule has 4 N–H and O–H groups in total. The fraction of sp³-hybridized carbons (Fsp3) is 0.737. The molecule has 1 spiro atoms. The van der Waals surface area contributed by atoms with Gasteiger partial charge in [-0.05, 0) is 57.9 Å². The third kappa shape index (κ3) is 5.06. The third-order valence-electron chi connectivity index (χ3n) is 6.10. The van der Waals surface area contributed by atoms with Crippen molar-refractivity contribution < 1.29 is 28.7 Å². The van der Waals surface area contributed by atoms with Gasteiger partial charge in [0, 0.05) is 0 Å². The van der Waals surface area contributed by atoms with Crippen LogP contribution in [0.5, 0.6) is 0 Å². The smallest absolute Gasteiger partial charge is 0.426 e. The van der Waals surface area contributed by atoms with Gasteiger partial charge in [-0.25, -0.2) is 15.0 Å². The van der Waals surface area contributed by atoms with Crippen molar-refractivity contribution >= 4 is 29.8 Å². The third-order valence-corrected chi connectivity index (χ3v) is 6.10. The largest absolute Gasteiger partial charge is 0.449 e. The van der Waals surface area contributed by atoms with Crippen LogP contribution < -0.4 is 21.6 Å². The molecule has 1 saturated carbocycles. The van der Waals surface area contributed by atoms with Gasteiger partial charge in [0.2, 0.25) is 0 Å². The number of urea groups is 1. The molecule has 1 aliphatic carbocycles. The maximum Gasteiger partial charge on any atom is 0.426 e. The molecular weight excluding hydrogens is 408 g/mol. The number of ether oxygens (including phenoxy) is 1. The van der Waals surface area contributed by atoms with Gasteiger partial charge in [0.15, 0.2) is 0 Å². The molecule has 2 heterocycles. The Labute approximate surface area is 180 Å². The number of amides is 6. The molecule has 0 radical (unpaired) electrons. The fourth-order valence-electron chi connectivity index (χ4n) is 4.34. The first-order valence-electron chi connectivity index (χ1n) is 10.7. The molecule has 0 aromatic carbocycles. The number of hydrazine groups is 2. The van der Waals surface area contributed by atoms with E-state index in [9.17, 15) is 24.0 Å². The Morgan fingerprint density at radius 3 is 2.55 bits per heavy atom. The molecule has 0 aromatic heterocycles. The van der Waals surface area contributed by atoms with Gasteiger partial charge in [0.1, 0.15) is 5.54 Å². The Balaban J connectivity index is 1.52. The summed E-state index contributed by atoms with van der Waals surface area (Å²) in [5.74, 6) is -0.978. The van der Waals surface area contributed by atoms with Crippen LogP contribution in [0.25, 0.3) is 0 Å². The number of hydrogen-bond acceptors (Lipinski definition) is 7. The van der Waals surface area contributed by atoms with E-state index >= 15 is 0 Å². The molecule has 0 aromatic rings. The summed E-state index contributed by atoms with van der Waals surface area (Å²) >= 11 is 0. The van der Waals surface area contributed by atoms with E-state index in [1.54, 1.807) is 11.8 Å². The van der Waals surface area contributed by atoms with Crippen molar-refractivity contribution in [1.29, 1.82) is 0 Å². The summed E-state index contributed by atoms with van der Waals surface area (Å²) in [6, 6.07) is -1.26. The van der Waals surface area contributed by atoms with Crippen LogP contribution in [-0.2, 0) is 19.1 Å². The molecule has 3 rings (SSSR count). The summed E-state index contributed by atoms with van der Waals surface area (Å²) in [6.45, 7) is 4.24. The second-order valence-electron chi connectivity index (χ2n) is 8.33. The van der Waals surface area contributed by atoms with Crippen LogP contribution in [0.3, 0.4) is 0 Å². The van der Waals surface area contributed by atoms with Crippen molar-refractivity contribution in [2.24, 2.45) is 5.92 Å². The molecule has 1 atom stereocenters. The molecule has 172 valence electrons. The Hall–Kier alpha value is -2.89. The highest BCUT2D eigenvalue weighted by atomic mass is 16.6. The van der Waals surface area contributed by atoms with E-state index in [1.165, 1.54) is 0 Å². The predicted molar refractivity (Wildman–Crippen MR) is 107 cm³/mol. The summed E-state index contributed by atoms with van der Waals surface area (Å²) in [6.07, 6.45) is 3.18. The number of carbonyl (C=O) groups is 5. The Bertz CT molecular complexity index is 750. The lowest BCUT2D eigenvalue weighted by molar-refractivity contribution is -0.141. The number of hydrogen-bond donors (Lipinski definition) is 4. The molecule has 3 aliphatic rings. The van der Waals surface area contributed by atoms with Crippen LogP contribution in [0, 0.1) is 5.92 Å². The summed E-state index contributed by atoms with van der Waals surface area (Å²) in [7, 11) is 0. The number of nitrogens with one attached hydrogen (secondary N) is 4. The van der Waals surface area contributed by atoms with Crippen molar-refractivity contribution in [1.82, 2.24) is 31.5 Å². The topological polar surface area (TPSA) is 149 Å². The van der Waals surface area contributed by atoms with Crippen LogP contribution in [0.4, 0.5) is 9.59 Å². The number of imide groups is 1. The van der Waals surface area contributed by atoms with Crippen molar-refractivity contribution in [2.45, 2.75) is 64.0 Å². The van der Waals surface area contributed by atoms with Crippen LogP contribution in [0.2, 0.25) is 0 Å². The highest BCUT2D eigenvalue weighted by molar-refractivity contribution is 6.08. The number of nitrogens with zero attached hydrogens (tertiary/aromatic N) is 2. The van der Waals surface area contributed by atoms with Gasteiger partial charge < -0.3 is 10.1 Å². The van der Waals surface area contributed by atoms with E-state index in [1.807, 2.05) is 0 Å². The molecule has 12 heteroatoms. The van der Waals surface area contributed by atoms with Crippen LogP contribution in [0.15, 0.2) is 0 Å². The van der Waals surface area contributed by atoms with Gasteiger partial charge in [-0.2, -0.15) is 5.01 Å². The van der Waals surface area contributed by atoms with Crippen molar-refractivity contribution in [3.8, 4) is 0 Å². The zero-order chi connectivity index (χ0) is 22.6. The van der Waals surface area contributed by atoms with E-state index in [4.69, 9.17) is 0 Å². The molecule has 12 nitrogen and oxygen atoms in total. The average molecular weight is 438 g/mol. The second-order valence-corrected chi connectivity index (χ2v) is 8.33. The minimum Gasteiger partial charge on any atom is -0.449 e. The van der Waals surface area contributed by atoms with Gasteiger partial charge >= 0.3 is 12.1 Å². The summed E-state index contributed by atoms with van der Waals surface area (Å²) in [5.41, 5.74) is 5.87. The van der Waals surface area contributed by atoms with Gasteiger partial charge in [-0.1, -0.05) is 6.92 Å². The molecule has 6 amide bonds. The predicted octanol–water partition coefficient (Wildman–Crippen LogP) is -0.240. The zero-order valence-electron chi connectivity index (χ0n) is 17.9. The lowest BCUT2D eigenvalue weighted by Crippen LogP contribution is -2.55. The van der Waals surface area contributed by atoms with Crippen molar-refractivity contribution in [2.75, 3.05) is 19.7 Å². The molecule has 2 saturated heterocycles. The minimum atomic E-state index is -0.939. The normalized spacial score (nSPS) is 28.4. The van der Waals surface area contributed by atoms with E-state index in [0.717, 1.165) is 17.9 Å². The molecule has 31 heavy (non-hydrogen) atoms. The first kappa shape index (κ1) is 22.8. The zero-order valence-corrected chi connectivity index (χ0v) is 17.9. The van der Waals surface area contributed by atoms with Crippen LogP contribution >= 0.6 is 0 Å².